The van der Waals surface area contributed by atoms with E-state index in [9.17, 15) is 9.18 Å². The lowest BCUT2D eigenvalue weighted by atomic mass is 10.3. The van der Waals surface area contributed by atoms with Crippen molar-refractivity contribution in [2.45, 2.75) is 0 Å². The average molecular weight is 181 g/mol. The molecule has 4 heteroatoms. The largest absolute Gasteiger partial charge is 0.478 e. The zero-order valence-corrected chi connectivity index (χ0v) is 6.70. The van der Waals surface area contributed by atoms with Crippen LogP contribution in [0.25, 0.3) is 0 Å². The van der Waals surface area contributed by atoms with E-state index in [0.29, 0.717) is 5.69 Å². The van der Waals surface area contributed by atoms with Crippen molar-refractivity contribution >= 4 is 11.7 Å². The van der Waals surface area contributed by atoms with Gasteiger partial charge in [0.25, 0.3) is 0 Å². The van der Waals surface area contributed by atoms with Gasteiger partial charge in [0.1, 0.15) is 5.82 Å². The van der Waals surface area contributed by atoms with Crippen LogP contribution in [0, 0.1) is 5.82 Å². The van der Waals surface area contributed by atoms with Gasteiger partial charge in [-0.3, -0.25) is 0 Å². The molecule has 0 fully saturated rings. The number of hydrogen-bond acceptors (Lipinski definition) is 2. The predicted molar refractivity (Wildman–Crippen MR) is 46.8 cm³/mol. The summed E-state index contributed by atoms with van der Waals surface area (Å²) in [5.74, 6) is -1.42. The second kappa shape index (κ2) is 4.25. The van der Waals surface area contributed by atoms with Crippen molar-refractivity contribution in [2.75, 3.05) is 5.32 Å². The molecular formula is C9H8FNO2. The summed E-state index contributed by atoms with van der Waals surface area (Å²) in [5.41, 5.74) is 0.512. The second-order valence-corrected chi connectivity index (χ2v) is 2.33. The minimum atomic E-state index is -1.05. The molecule has 0 aliphatic carbocycles. The van der Waals surface area contributed by atoms with Crippen LogP contribution in [-0.4, -0.2) is 11.1 Å². The number of rotatable bonds is 3. The van der Waals surface area contributed by atoms with Crippen LogP contribution in [0.3, 0.4) is 0 Å². The van der Waals surface area contributed by atoms with Gasteiger partial charge in [-0.15, -0.1) is 0 Å². The first-order chi connectivity index (χ1) is 6.18. The van der Waals surface area contributed by atoms with Gasteiger partial charge in [-0.2, -0.15) is 0 Å². The Labute approximate surface area is 74.5 Å². The quantitative estimate of drug-likeness (QED) is 0.699. The summed E-state index contributed by atoms with van der Waals surface area (Å²) in [6, 6.07) is 5.75. The van der Waals surface area contributed by atoms with E-state index in [-0.39, 0.29) is 5.82 Å². The molecule has 0 bridgehead atoms. The minimum absolute atomic E-state index is 0.367. The van der Waals surface area contributed by atoms with Gasteiger partial charge in [0.2, 0.25) is 0 Å². The number of halogens is 1. The zero-order chi connectivity index (χ0) is 9.68. The number of carboxylic acids is 1. The molecule has 1 rings (SSSR count). The first kappa shape index (κ1) is 9.25. The molecule has 2 N–H and O–H groups in total. The van der Waals surface area contributed by atoms with Gasteiger partial charge < -0.3 is 10.4 Å². The predicted octanol–water partition coefficient (Wildman–Crippen LogP) is 1.84. The van der Waals surface area contributed by atoms with Crippen LogP contribution in [0.2, 0.25) is 0 Å². The van der Waals surface area contributed by atoms with Gasteiger partial charge in [-0.25, -0.2) is 9.18 Å². The smallest absolute Gasteiger partial charge is 0.329 e. The van der Waals surface area contributed by atoms with Crippen LogP contribution in [0.4, 0.5) is 10.1 Å². The third-order valence-electron chi connectivity index (χ3n) is 1.30. The maximum Gasteiger partial charge on any atom is 0.329 e. The van der Waals surface area contributed by atoms with Crippen LogP contribution in [0.1, 0.15) is 0 Å². The lowest BCUT2D eigenvalue weighted by Crippen LogP contribution is -1.92. The SMILES string of the molecule is O=C(O)/C=C/Nc1cccc(F)c1. The Balaban J connectivity index is 2.59. The van der Waals surface area contributed by atoms with E-state index >= 15 is 0 Å². The molecule has 0 spiro atoms. The average Bonchev–Trinajstić information content (AvgIpc) is 2.03. The number of nitrogens with one attached hydrogen (secondary N) is 1. The molecule has 0 amide bonds. The minimum Gasteiger partial charge on any atom is -0.478 e. The summed E-state index contributed by atoms with van der Waals surface area (Å²) in [4.78, 5) is 10.1. The van der Waals surface area contributed by atoms with E-state index in [1.165, 1.54) is 24.4 Å². The fraction of sp³-hybridized carbons (Fsp3) is 0. The Kier molecular flexibility index (Phi) is 3.03. The number of anilines is 1. The van der Waals surface area contributed by atoms with Crippen molar-refractivity contribution in [3.05, 3.63) is 42.4 Å². The summed E-state index contributed by atoms with van der Waals surface area (Å²) < 4.78 is 12.6. The van der Waals surface area contributed by atoms with E-state index in [1.54, 1.807) is 6.07 Å². The van der Waals surface area contributed by atoms with Crippen molar-refractivity contribution in [1.82, 2.24) is 0 Å². The van der Waals surface area contributed by atoms with Crippen LogP contribution in [0.5, 0.6) is 0 Å². The topological polar surface area (TPSA) is 49.3 Å². The summed E-state index contributed by atoms with van der Waals surface area (Å²) in [7, 11) is 0. The van der Waals surface area contributed by atoms with E-state index in [2.05, 4.69) is 5.32 Å². The molecule has 0 atom stereocenters. The van der Waals surface area contributed by atoms with Gasteiger partial charge in [-0.05, 0) is 18.2 Å². The molecule has 0 aliphatic heterocycles. The van der Waals surface area contributed by atoms with Gasteiger partial charge in [0, 0.05) is 18.0 Å². The molecule has 1 aromatic carbocycles. The number of carbonyl (C=O) groups is 1. The van der Waals surface area contributed by atoms with Crippen LogP contribution >= 0.6 is 0 Å². The second-order valence-electron chi connectivity index (χ2n) is 2.33. The van der Waals surface area contributed by atoms with Gasteiger partial charge >= 0.3 is 5.97 Å². The molecule has 1 aromatic rings. The summed E-state index contributed by atoms with van der Waals surface area (Å²) in [6.45, 7) is 0. The normalized spacial score (nSPS) is 10.2. The number of aliphatic carboxylic acids is 1. The monoisotopic (exact) mass is 181 g/mol. The van der Waals surface area contributed by atoms with Crippen LogP contribution < -0.4 is 5.32 Å². The van der Waals surface area contributed by atoms with Crippen molar-refractivity contribution in [3.8, 4) is 0 Å². The van der Waals surface area contributed by atoms with E-state index in [1.807, 2.05) is 0 Å². The van der Waals surface area contributed by atoms with E-state index in [0.717, 1.165) is 6.08 Å². The number of carboxylic acid groups (broad SMARTS) is 1. The molecule has 0 aliphatic rings. The summed E-state index contributed by atoms with van der Waals surface area (Å²) in [6.07, 6.45) is 2.17. The maximum atomic E-state index is 12.6. The highest BCUT2D eigenvalue weighted by molar-refractivity contribution is 5.80. The number of hydrogen-bond donors (Lipinski definition) is 2. The highest BCUT2D eigenvalue weighted by Gasteiger charge is 1.91. The molecule has 13 heavy (non-hydrogen) atoms. The van der Waals surface area contributed by atoms with Crippen LogP contribution in [0.15, 0.2) is 36.5 Å². The molecule has 0 saturated heterocycles. The Bertz CT molecular complexity index is 336. The lowest BCUT2D eigenvalue weighted by Gasteiger charge is -1.98. The van der Waals surface area contributed by atoms with E-state index in [4.69, 9.17) is 5.11 Å². The molecule has 0 saturated carbocycles. The molecule has 3 nitrogen and oxygen atoms in total. The zero-order valence-electron chi connectivity index (χ0n) is 6.70. The van der Waals surface area contributed by atoms with Gasteiger partial charge in [-0.1, -0.05) is 6.07 Å². The highest BCUT2D eigenvalue weighted by atomic mass is 19.1. The van der Waals surface area contributed by atoms with Gasteiger partial charge in [0.15, 0.2) is 0 Å². The number of benzene rings is 1. The summed E-state index contributed by atoms with van der Waals surface area (Å²) >= 11 is 0. The van der Waals surface area contributed by atoms with Gasteiger partial charge in [0.05, 0.1) is 0 Å². The Morgan fingerprint density at radius 1 is 1.54 bits per heavy atom. The molecule has 0 aromatic heterocycles. The van der Waals surface area contributed by atoms with Crippen LogP contribution in [-0.2, 0) is 4.79 Å². The Hall–Kier alpha value is -1.84. The Morgan fingerprint density at radius 2 is 2.31 bits per heavy atom. The fourth-order valence-corrected chi connectivity index (χ4v) is 0.787. The first-order valence-electron chi connectivity index (χ1n) is 3.60. The van der Waals surface area contributed by atoms with Crippen molar-refractivity contribution in [1.29, 1.82) is 0 Å². The third-order valence-corrected chi connectivity index (χ3v) is 1.30. The first-order valence-corrected chi connectivity index (χ1v) is 3.60. The molecule has 68 valence electrons. The van der Waals surface area contributed by atoms with Crippen molar-refractivity contribution in [3.63, 3.8) is 0 Å². The lowest BCUT2D eigenvalue weighted by molar-refractivity contribution is -0.131. The molecule has 0 unspecified atom stereocenters. The Morgan fingerprint density at radius 3 is 2.92 bits per heavy atom. The fourth-order valence-electron chi connectivity index (χ4n) is 0.787. The molecule has 0 heterocycles. The van der Waals surface area contributed by atoms with Crippen molar-refractivity contribution in [2.24, 2.45) is 0 Å². The standard InChI is InChI=1S/C9H8FNO2/c10-7-2-1-3-8(6-7)11-5-4-9(12)13/h1-6,11H,(H,12,13)/b5-4+. The van der Waals surface area contributed by atoms with Crippen molar-refractivity contribution < 1.29 is 14.3 Å². The molecular weight excluding hydrogens is 173 g/mol. The molecule has 0 radical (unpaired) electrons. The third kappa shape index (κ3) is 3.37. The highest BCUT2D eigenvalue weighted by Crippen LogP contribution is 2.08. The van der Waals surface area contributed by atoms with E-state index < -0.39 is 5.97 Å². The summed E-state index contributed by atoms with van der Waals surface area (Å²) in [5, 5.41) is 10.9. The maximum absolute atomic E-state index is 12.6.